The van der Waals surface area contributed by atoms with Crippen LogP contribution in [-0.4, -0.2) is 4.98 Å². The van der Waals surface area contributed by atoms with Gasteiger partial charge in [-0.2, -0.15) is 0 Å². The van der Waals surface area contributed by atoms with Gasteiger partial charge in [-0.25, -0.2) is 0 Å². The predicted molar refractivity (Wildman–Crippen MR) is 51.3 cm³/mol. The molecule has 10 heavy (non-hydrogen) atoms. The van der Waals surface area contributed by atoms with Gasteiger partial charge < -0.3 is 0 Å². The fourth-order valence-electron chi connectivity index (χ4n) is 0.706. The van der Waals surface area contributed by atoms with Crippen molar-refractivity contribution in [2.75, 3.05) is 0 Å². The highest BCUT2D eigenvalue weighted by molar-refractivity contribution is 14.1. The van der Waals surface area contributed by atoms with Crippen molar-refractivity contribution in [3.8, 4) is 0 Å². The molecule has 0 aliphatic carbocycles. The van der Waals surface area contributed by atoms with Gasteiger partial charge >= 0.3 is 0 Å². The number of aryl methyl sites for hydroxylation is 1. The zero-order valence-corrected chi connectivity index (χ0v) is 8.48. The molecule has 3 heteroatoms. The molecule has 0 spiro atoms. The van der Waals surface area contributed by atoms with E-state index in [0.29, 0.717) is 0 Å². The van der Waals surface area contributed by atoms with E-state index in [0.717, 1.165) is 20.6 Å². The van der Waals surface area contributed by atoms with Crippen molar-refractivity contribution in [2.45, 2.75) is 13.3 Å². The van der Waals surface area contributed by atoms with E-state index in [1.54, 1.807) is 6.20 Å². The normalized spacial score (nSPS) is 9.90. The lowest BCUT2D eigenvalue weighted by atomic mass is 10.2. The van der Waals surface area contributed by atoms with Gasteiger partial charge in [0, 0.05) is 12.4 Å². The molecule has 0 N–H and O–H groups in total. The van der Waals surface area contributed by atoms with Gasteiger partial charge in [0.2, 0.25) is 0 Å². The molecule has 0 atom stereocenters. The Hall–Kier alpha value is 0.170. The molecular weight excluding hydrogens is 260 g/mol. The number of hydrogen-bond donors (Lipinski definition) is 0. The van der Waals surface area contributed by atoms with Crippen LogP contribution in [0.4, 0.5) is 0 Å². The highest BCUT2D eigenvalue weighted by Gasteiger charge is 2.00. The molecule has 1 heterocycles. The van der Waals surface area contributed by atoms with E-state index in [2.05, 4.69) is 34.5 Å². The van der Waals surface area contributed by atoms with Crippen LogP contribution in [0.2, 0.25) is 5.02 Å². The van der Waals surface area contributed by atoms with E-state index < -0.39 is 0 Å². The summed E-state index contributed by atoms with van der Waals surface area (Å²) in [6.45, 7) is 2.07. The Morgan fingerprint density at radius 2 is 2.30 bits per heavy atom. The van der Waals surface area contributed by atoms with Crippen LogP contribution in [-0.2, 0) is 6.42 Å². The number of hydrogen-bond acceptors (Lipinski definition) is 1. The maximum Gasteiger partial charge on any atom is 0.0602 e. The minimum absolute atomic E-state index is 0.845. The molecule has 0 saturated heterocycles. The van der Waals surface area contributed by atoms with Gasteiger partial charge in [-0.15, -0.1) is 0 Å². The first-order chi connectivity index (χ1) is 4.75. The molecule has 1 aromatic heterocycles. The molecule has 54 valence electrons. The number of rotatable bonds is 1. The van der Waals surface area contributed by atoms with Crippen molar-refractivity contribution < 1.29 is 0 Å². The van der Waals surface area contributed by atoms with Crippen molar-refractivity contribution in [3.05, 3.63) is 26.5 Å². The average molecular weight is 267 g/mol. The van der Waals surface area contributed by atoms with E-state index in [1.807, 2.05) is 6.20 Å². The summed E-state index contributed by atoms with van der Waals surface area (Å²) >= 11 is 8.12. The van der Waals surface area contributed by atoms with Crippen LogP contribution >= 0.6 is 34.2 Å². The van der Waals surface area contributed by atoms with E-state index in [9.17, 15) is 0 Å². The Labute approximate surface area is 78.9 Å². The second-order valence-electron chi connectivity index (χ2n) is 1.95. The zero-order valence-electron chi connectivity index (χ0n) is 5.56. The van der Waals surface area contributed by atoms with Crippen LogP contribution in [0.1, 0.15) is 12.5 Å². The van der Waals surface area contributed by atoms with E-state index in [4.69, 9.17) is 11.6 Å². The summed E-state index contributed by atoms with van der Waals surface area (Å²) in [5.41, 5.74) is 1.12. The monoisotopic (exact) mass is 267 g/mol. The van der Waals surface area contributed by atoms with Crippen LogP contribution < -0.4 is 0 Å². The van der Waals surface area contributed by atoms with E-state index >= 15 is 0 Å². The molecule has 0 aliphatic heterocycles. The summed E-state index contributed by atoms with van der Waals surface area (Å²) in [6, 6.07) is 0. The molecule has 0 bridgehead atoms. The molecule has 0 unspecified atom stereocenters. The Bertz CT molecular complexity index is 237. The summed E-state index contributed by atoms with van der Waals surface area (Å²) < 4.78 is 1.03. The fraction of sp³-hybridized carbons (Fsp3) is 0.286. The number of pyridine rings is 1. The first-order valence-corrected chi connectivity index (χ1v) is 4.49. The summed E-state index contributed by atoms with van der Waals surface area (Å²) in [6.07, 6.45) is 4.52. The summed E-state index contributed by atoms with van der Waals surface area (Å²) in [5, 5.41) is 0.845. The second kappa shape index (κ2) is 3.53. The third-order valence-electron chi connectivity index (χ3n) is 1.29. The molecule has 1 aromatic rings. The molecule has 0 amide bonds. The number of nitrogens with zero attached hydrogens (tertiary/aromatic N) is 1. The largest absolute Gasteiger partial charge is 0.263 e. The Kier molecular flexibility index (Phi) is 2.92. The molecule has 0 aliphatic rings. The van der Waals surface area contributed by atoms with Gasteiger partial charge in [0.15, 0.2) is 0 Å². The van der Waals surface area contributed by atoms with Gasteiger partial charge in [-0.05, 0) is 34.6 Å². The maximum absolute atomic E-state index is 5.95. The molecule has 0 radical (unpaired) electrons. The van der Waals surface area contributed by atoms with Crippen molar-refractivity contribution in [3.63, 3.8) is 0 Å². The molecule has 0 aromatic carbocycles. The zero-order chi connectivity index (χ0) is 7.56. The third-order valence-corrected chi connectivity index (χ3v) is 2.87. The molecular formula is C7H7ClIN. The standard InChI is InChI=1S/C7H7ClIN/c1-2-5-3-10-4-6(9)7(5)8/h3-4H,2H2,1H3. The van der Waals surface area contributed by atoms with Crippen LogP contribution in [0, 0.1) is 3.57 Å². The van der Waals surface area contributed by atoms with E-state index in [1.165, 1.54) is 0 Å². The Morgan fingerprint density at radius 3 is 2.80 bits per heavy atom. The summed E-state index contributed by atoms with van der Waals surface area (Å²) in [4.78, 5) is 4.02. The van der Waals surface area contributed by atoms with Gasteiger partial charge in [-0.1, -0.05) is 18.5 Å². The van der Waals surface area contributed by atoms with Gasteiger partial charge in [0.25, 0.3) is 0 Å². The lowest BCUT2D eigenvalue weighted by Crippen LogP contribution is -1.86. The molecule has 1 rings (SSSR count). The van der Waals surface area contributed by atoms with Crippen LogP contribution in [0.25, 0.3) is 0 Å². The van der Waals surface area contributed by atoms with Gasteiger partial charge in [0.1, 0.15) is 0 Å². The Morgan fingerprint density at radius 1 is 1.60 bits per heavy atom. The van der Waals surface area contributed by atoms with Crippen molar-refractivity contribution >= 4 is 34.2 Å². The van der Waals surface area contributed by atoms with Crippen LogP contribution in [0.5, 0.6) is 0 Å². The summed E-state index contributed by atoms with van der Waals surface area (Å²) in [7, 11) is 0. The van der Waals surface area contributed by atoms with Gasteiger partial charge in [-0.3, -0.25) is 4.98 Å². The first kappa shape index (κ1) is 8.27. The minimum atomic E-state index is 0.845. The third kappa shape index (κ3) is 1.61. The van der Waals surface area contributed by atoms with Crippen molar-refractivity contribution in [1.82, 2.24) is 4.98 Å². The highest BCUT2D eigenvalue weighted by Crippen LogP contribution is 2.21. The van der Waals surface area contributed by atoms with Gasteiger partial charge in [0.05, 0.1) is 8.59 Å². The molecule has 0 fully saturated rings. The van der Waals surface area contributed by atoms with E-state index in [-0.39, 0.29) is 0 Å². The first-order valence-electron chi connectivity index (χ1n) is 3.03. The quantitative estimate of drug-likeness (QED) is 0.713. The number of aromatic nitrogens is 1. The smallest absolute Gasteiger partial charge is 0.0602 e. The summed E-state index contributed by atoms with van der Waals surface area (Å²) in [5.74, 6) is 0. The lowest BCUT2D eigenvalue weighted by Gasteiger charge is -1.99. The predicted octanol–water partition coefficient (Wildman–Crippen LogP) is 2.90. The topological polar surface area (TPSA) is 12.9 Å². The van der Waals surface area contributed by atoms with Crippen molar-refractivity contribution in [2.24, 2.45) is 0 Å². The molecule has 0 saturated carbocycles. The number of halogens is 2. The van der Waals surface area contributed by atoms with Crippen molar-refractivity contribution in [1.29, 1.82) is 0 Å². The molecule has 1 nitrogen and oxygen atoms in total. The highest BCUT2D eigenvalue weighted by atomic mass is 127. The Balaban J connectivity index is 3.14. The second-order valence-corrected chi connectivity index (χ2v) is 3.49. The maximum atomic E-state index is 5.95. The SMILES string of the molecule is CCc1cncc(I)c1Cl. The minimum Gasteiger partial charge on any atom is -0.263 e. The average Bonchev–Trinajstić information content (AvgIpc) is 1.95. The fourth-order valence-corrected chi connectivity index (χ4v) is 1.44. The lowest BCUT2D eigenvalue weighted by molar-refractivity contribution is 1.10. The van der Waals surface area contributed by atoms with Crippen LogP contribution in [0.15, 0.2) is 12.4 Å². The van der Waals surface area contributed by atoms with Crippen LogP contribution in [0.3, 0.4) is 0 Å².